The molecule has 7 nitrogen and oxygen atoms in total. The number of carbonyl (C=O) groups is 1. The molecule has 0 spiro atoms. The fourth-order valence-corrected chi connectivity index (χ4v) is 6.37. The molecule has 2 aromatic rings. The lowest BCUT2D eigenvalue weighted by Crippen LogP contribution is -2.53. The maximum atomic E-state index is 13.9. The minimum absolute atomic E-state index is 0.0442. The van der Waals surface area contributed by atoms with E-state index in [1.165, 1.54) is 0 Å². The minimum Gasteiger partial charge on any atom is -0.387 e. The standard InChI is InChI=1S/C26H34BrN5O2/c1-16-13-20(33)23-21(16)24(29-15-28-23)31-9-11-32(12-10-31)25(34)22(17-5-4-6-18(27)14-17)19-7-8-26(2,3)30-19/h4-6,14-16,19-20,22,30,33H,7-13H2,1-3H3/t16-,19+,20-,22+/m1/s1. The summed E-state index contributed by atoms with van der Waals surface area (Å²) >= 11 is 3.59. The minimum atomic E-state index is -0.510. The van der Waals surface area contributed by atoms with E-state index in [0.717, 1.165) is 53.0 Å². The monoisotopic (exact) mass is 527 g/mol. The lowest BCUT2D eigenvalue weighted by molar-refractivity contribution is -0.133. The number of nitrogens with one attached hydrogen (secondary N) is 1. The normalized spacial score (nSPS) is 27.0. The summed E-state index contributed by atoms with van der Waals surface area (Å²) in [5.74, 6) is 1.15. The van der Waals surface area contributed by atoms with Crippen LogP contribution in [0.2, 0.25) is 0 Å². The van der Waals surface area contributed by atoms with Gasteiger partial charge < -0.3 is 20.2 Å². The lowest BCUT2D eigenvalue weighted by Gasteiger charge is -2.39. The van der Waals surface area contributed by atoms with Gasteiger partial charge in [-0.25, -0.2) is 9.97 Å². The Balaban J connectivity index is 1.34. The van der Waals surface area contributed by atoms with Crippen LogP contribution in [0.25, 0.3) is 0 Å². The number of halogens is 1. The molecule has 4 atom stereocenters. The third-order valence-corrected chi connectivity index (χ3v) is 8.20. The zero-order valence-electron chi connectivity index (χ0n) is 20.2. The largest absolute Gasteiger partial charge is 0.387 e. The number of hydrogen-bond acceptors (Lipinski definition) is 6. The molecule has 34 heavy (non-hydrogen) atoms. The maximum Gasteiger partial charge on any atom is 0.231 e. The van der Waals surface area contributed by atoms with Crippen molar-refractivity contribution in [1.29, 1.82) is 0 Å². The first-order valence-corrected chi connectivity index (χ1v) is 13.1. The van der Waals surface area contributed by atoms with Crippen molar-refractivity contribution in [3.8, 4) is 0 Å². The number of aromatic nitrogens is 2. The molecule has 2 aliphatic heterocycles. The molecule has 0 saturated carbocycles. The summed E-state index contributed by atoms with van der Waals surface area (Å²) in [5, 5.41) is 14.1. The molecular weight excluding hydrogens is 494 g/mol. The number of hydrogen-bond donors (Lipinski definition) is 2. The average molecular weight is 528 g/mol. The molecule has 8 heteroatoms. The van der Waals surface area contributed by atoms with Gasteiger partial charge in [-0.1, -0.05) is 35.0 Å². The summed E-state index contributed by atoms with van der Waals surface area (Å²) in [6.45, 7) is 9.34. The molecule has 2 saturated heterocycles. The number of nitrogens with zero attached hydrogens (tertiary/aromatic N) is 4. The number of benzene rings is 1. The Labute approximate surface area is 210 Å². The molecule has 1 aromatic carbocycles. The molecule has 1 aromatic heterocycles. The number of rotatable bonds is 4. The van der Waals surface area contributed by atoms with Crippen LogP contribution in [0.4, 0.5) is 5.82 Å². The van der Waals surface area contributed by atoms with Crippen LogP contribution < -0.4 is 10.2 Å². The second-order valence-electron chi connectivity index (χ2n) is 10.7. The zero-order chi connectivity index (χ0) is 24.0. The highest BCUT2D eigenvalue weighted by molar-refractivity contribution is 9.10. The molecule has 2 N–H and O–H groups in total. The van der Waals surface area contributed by atoms with Crippen molar-refractivity contribution in [3.05, 3.63) is 51.9 Å². The third-order valence-electron chi connectivity index (χ3n) is 7.70. The number of carbonyl (C=O) groups excluding carboxylic acids is 1. The second kappa shape index (κ2) is 9.21. The zero-order valence-corrected chi connectivity index (χ0v) is 21.8. The van der Waals surface area contributed by atoms with Crippen molar-refractivity contribution < 1.29 is 9.90 Å². The van der Waals surface area contributed by atoms with E-state index in [2.05, 4.69) is 69.0 Å². The van der Waals surface area contributed by atoms with Gasteiger partial charge in [0.1, 0.15) is 12.1 Å². The fraction of sp³-hybridized carbons (Fsp3) is 0.577. The van der Waals surface area contributed by atoms with Crippen LogP contribution in [0.3, 0.4) is 0 Å². The first kappa shape index (κ1) is 23.7. The molecule has 1 amide bonds. The van der Waals surface area contributed by atoms with E-state index in [-0.39, 0.29) is 29.3 Å². The van der Waals surface area contributed by atoms with Crippen LogP contribution in [0.1, 0.15) is 74.8 Å². The number of piperazine rings is 1. The molecule has 182 valence electrons. The molecule has 2 fully saturated rings. The van der Waals surface area contributed by atoms with Crippen LogP contribution >= 0.6 is 15.9 Å². The summed E-state index contributed by atoms with van der Waals surface area (Å²) in [7, 11) is 0. The topological polar surface area (TPSA) is 81.6 Å². The SMILES string of the molecule is C[C@@H]1C[C@@H](O)c2ncnc(N3CCN(C(=O)[C@@H](c4cccc(Br)c4)[C@@H]4CCC(C)(C)N4)CC3)c21. The first-order valence-electron chi connectivity index (χ1n) is 12.3. The van der Waals surface area contributed by atoms with E-state index in [1.807, 2.05) is 17.0 Å². The van der Waals surface area contributed by atoms with Crippen LogP contribution in [0, 0.1) is 0 Å². The van der Waals surface area contributed by atoms with Gasteiger partial charge in [-0.2, -0.15) is 0 Å². The Morgan fingerprint density at radius 1 is 1.24 bits per heavy atom. The van der Waals surface area contributed by atoms with Crippen LogP contribution in [-0.4, -0.2) is 63.6 Å². The molecule has 1 aliphatic carbocycles. The number of anilines is 1. The highest BCUT2D eigenvalue weighted by Crippen LogP contribution is 2.43. The Kier molecular flexibility index (Phi) is 6.42. The van der Waals surface area contributed by atoms with Crippen molar-refractivity contribution in [3.63, 3.8) is 0 Å². The predicted molar refractivity (Wildman–Crippen MR) is 136 cm³/mol. The first-order chi connectivity index (χ1) is 16.2. The Morgan fingerprint density at radius 2 is 2.00 bits per heavy atom. The molecule has 0 unspecified atom stereocenters. The van der Waals surface area contributed by atoms with Crippen molar-refractivity contribution in [2.24, 2.45) is 0 Å². The molecule has 3 aliphatic rings. The van der Waals surface area contributed by atoms with E-state index in [9.17, 15) is 9.90 Å². The van der Waals surface area contributed by atoms with Gasteiger partial charge in [0.15, 0.2) is 0 Å². The molecule has 0 bridgehead atoms. The Morgan fingerprint density at radius 3 is 2.68 bits per heavy atom. The predicted octanol–water partition coefficient (Wildman–Crippen LogP) is 3.74. The Bertz CT molecular complexity index is 1070. The summed E-state index contributed by atoms with van der Waals surface area (Å²) in [5.41, 5.74) is 2.94. The second-order valence-corrected chi connectivity index (χ2v) is 11.6. The van der Waals surface area contributed by atoms with E-state index >= 15 is 0 Å². The smallest absolute Gasteiger partial charge is 0.231 e. The molecule has 3 heterocycles. The van der Waals surface area contributed by atoms with E-state index in [4.69, 9.17) is 0 Å². The van der Waals surface area contributed by atoms with Crippen molar-refractivity contribution in [2.45, 2.75) is 69.6 Å². The van der Waals surface area contributed by atoms with Gasteiger partial charge in [-0.05, 0) is 56.7 Å². The van der Waals surface area contributed by atoms with Crippen LogP contribution in [-0.2, 0) is 4.79 Å². The van der Waals surface area contributed by atoms with Gasteiger partial charge in [0, 0.05) is 47.8 Å². The number of aliphatic hydroxyl groups is 1. The third kappa shape index (κ3) is 4.48. The Hall–Kier alpha value is -2.03. The lowest BCUT2D eigenvalue weighted by atomic mass is 9.89. The molecule has 5 rings (SSSR count). The van der Waals surface area contributed by atoms with Gasteiger partial charge in [-0.3, -0.25) is 4.79 Å². The number of fused-ring (bicyclic) bond motifs is 1. The molecule has 0 radical (unpaired) electrons. The van der Waals surface area contributed by atoms with E-state index < -0.39 is 6.10 Å². The number of amides is 1. The summed E-state index contributed by atoms with van der Waals surface area (Å²) in [6.07, 6.45) is 3.79. The van der Waals surface area contributed by atoms with Crippen molar-refractivity contribution >= 4 is 27.7 Å². The quantitative estimate of drug-likeness (QED) is 0.630. The van der Waals surface area contributed by atoms with E-state index in [0.29, 0.717) is 19.5 Å². The summed E-state index contributed by atoms with van der Waals surface area (Å²) < 4.78 is 0.999. The molecular formula is C26H34BrN5O2. The fourth-order valence-electron chi connectivity index (χ4n) is 5.95. The van der Waals surface area contributed by atoms with Crippen LogP contribution in [0.5, 0.6) is 0 Å². The van der Waals surface area contributed by atoms with Crippen molar-refractivity contribution in [2.75, 3.05) is 31.1 Å². The summed E-state index contributed by atoms with van der Waals surface area (Å²) in [6, 6.07) is 8.31. The highest BCUT2D eigenvalue weighted by atomic mass is 79.9. The van der Waals surface area contributed by atoms with Gasteiger partial charge in [-0.15, -0.1) is 0 Å². The van der Waals surface area contributed by atoms with Gasteiger partial charge in [0.2, 0.25) is 5.91 Å². The highest BCUT2D eigenvalue weighted by Gasteiger charge is 2.41. The van der Waals surface area contributed by atoms with Gasteiger partial charge in [0.05, 0.1) is 17.7 Å². The number of aliphatic hydroxyl groups excluding tert-OH is 1. The van der Waals surface area contributed by atoms with Gasteiger partial charge >= 0.3 is 0 Å². The average Bonchev–Trinajstić information content (AvgIpc) is 3.32. The summed E-state index contributed by atoms with van der Waals surface area (Å²) in [4.78, 5) is 27.1. The van der Waals surface area contributed by atoms with Crippen LogP contribution in [0.15, 0.2) is 35.1 Å². The van der Waals surface area contributed by atoms with Gasteiger partial charge in [0.25, 0.3) is 0 Å². The van der Waals surface area contributed by atoms with E-state index in [1.54, 1.807) is 6.33 Å². The van der Waals surface area contributed by atoms with Crippen molar-refractivity contribution in [1.82, 2.24) is 20.2 Å². The maximum absolute atomic E-state index is 13.9.